The first-order valence-electron chi connectivity index (χ1n) is 5.71. The maximum atomic E-state index is 11.5. The lowest BCUT2D eigenvalue weighted by molar-refractivity contribution is 0.853. The highest BCUT2D eigenvalue weighted by Crippen LogP contribution is 2.23. The van der Waals surface area contributed by atoms with E-state index in [4.69, 9.17) is 0 Å². The minimum atomic E-state index is -0.112. The molecule has 3 nitrogen and oxygen atoms in total. The molecule has 0 atom stereocenters. The predicted octanol–water partition coefficient (Wildman–Crippen LogP) is 2.83. The van der Waals surface area contributed by atoms with E-state index < -0.39 is 0 Å². The van der Waals surface area contributed by atoms with Crippen molar-refractivity contribution in [3.8, 4) is 0 Å². The van der Waals surface area contributed by atoms with Crippen LogP contribution in [-0.2, 0) is 0 Å². The Hall–Kier alpha value is -2.03. The Morgan fingerprint density at radius 3 is 2.53 bits per heavy atom. The summed E-state index contributed by atoms with van der Waals surface area (Å²) < 4.78 is 1.57. The van der Waals surface area contributed by atoms with Crippen LogP contribution in [0.15, 0.2) is 47.5 Å². The van der Waals surface area contributed by atoms with Crippen molar-refractivity contribution in [2.24, 2.45) is 5.92 Å². The van der Waals surface area contributed by atoms with Gasteiger partial charge in [-0.25, -0.2) is 4.79 Å². The monoisotopic (exact) mass is 228 g/mol. The number of aromatic nitrogens is 2. The van der Waals surface area contributed by atoms with E-state index in [0.29, 0.717) is 5.92 Å². The van der Waals surface area contributed by atoms with Gasteiger partial charge in [-0.3, -0.25) is 4.57 Å². The number of nitrogens with one attached hydrogen (secondary N) is 1. The molecule has 17 heavy (non-hydrogen) atoms. The molecule has 1 heterocycles. The summed E-state index contributed by atoms with van der Waals surface area (Å²) in [4.78, 5) is 14.1. The van der Waals surface area contributed by atoms with Gasteiger partial charge in [0.2, 0.25) is 0 Å². The number of nitrogens with zero attached hydrogens (tertiary/aromatic N) is 1. The van der Waals surface area contributed by atoms with Gasteiger partial charge in [0, 0.05) is 18.6 Å². The molecule has 1 aromatic heterocycles. The van der Waals surface area contributed by atoms with E-state index in [-0.39, 0.29) is 5.69 Å². The van der Waals surface area contributed by atoms with E-state index in [2.05, 4.69) is 31.0 Å². The molecule has 2 rings (SSSR count). The molecule has 0 fully saturated rings. The van der Waals surface area contributed by atoms with E-state index in [1.165, 1.54) is 0 Å². The van der Waals surface area contributed by atoms with Crippen LogP contribution in [0.4, 0.5) is 0 Å². The van der Waals surface area contributed by atoms with Gasteiger partial charge in [0.15, 0.2) is 0 Å². The van der Waals surface area contributed by atoms with Crippen LogP contribution >= 0.6 is 0 Å². The molecular weight excluding hydrogens is 212 g/mol. The van der Waals surface area contributed by atoms with E-state index in [0.717, 1.165) is 11.1 Å². The molecule has 0 saturated carbocycles. The molecule has 2 aromatic rings. The molecule has 88 valence electrons. The van der Waals surface area contributed by atoms with Crippen molar-refractivity contribution in [2.75, 3.05) is 0 Å². The van der Waals surface area contributed by atoms with Crippen LogP contribution in [0, 0.1) is 5.92 Å². The van der Waals surface area contributed by atoms with E-state index >= 15 is 0 Å². The Balaban J connectivity index is 2.47. The van der Waals surface area contributed by atoms with Gasteiger partial charge in [0.25, 0.3) is 0 Å². The Morgan fingerprint density at radius 1 is 1.29 bits per heavy atom. The summed E-state index contributed by atoms with van der Waals surface area (Å²) in [5, 5.41) is 0. The molecule has 3 heteroatoms. The molecule has 0 saturated heterocycles. The van der Waals surface area contributed by atoms with Crippen LogP contribution in [0.2, 0.25) is 0 Å². The summed E-state index contributed by atoms with van der Waals surface area (Å²) in [6.45, 7) is 4.24. The number of rotatable bonds is 3. The van der Waals surface area contributed by atoms with Crippen molar-refractivity contribution in [1.29, 1.82) is 0 Å². The predicted molar refractivity (Wildman–Crippen MR) is 70.5 cm³/mol. The maximum Gasteiger partial charge on any atom is 0.329 e. The smallest absolute Gasteiger partial charge is 0.312 e. The van der Waals surface area contributed by atoms with Crippen LogP contribution in [0.3, 0.4) is 0 Å². The number of benzene rings is 1. The van der Waals surface area contributed by atoms with Gasteiger partial charge >= 0.3 is 5.69 Å². The van der Waals surface area contributed by atoms with Crippen molar-refractivity contribution in [1.82, 2.24) is 9.55 Å². The topological polar surface area (TPSA) is 37.8 Å². The second-order valence-corrected chi connectivity index (χ2v) is 4.28. The normalized spacial score (nSPS) is 12.1. The number of hydrogen-bond acceptors (Lipinski definition) is 1. The summed E-state index contributed by atoms with van der Waals surface area (Å²) in [5.41, 5.74) is 2.18. The van der Waals surface area contributed by atoms with Gasteiger partial charge in [-0.05, 0) is 17.1 Å². The van der Waals surface area contributed by atoms with Gasteiger partial charge in [0.05, 0.1) is 0 Å². The van der Waals surface area contributed by atoms with E-state index in [1.54, 1.807) is 17.0 Å². The third-order valence-corrected chi connectivity index (χ3v) is 2.68. The fraction of sp³-hybridized carbons (Fsp3) is 0.214. The van der Waals surface area contributed by atoms with Crippen LogP contribution in [0.25, 0.3) is 11.8 Å². The van der Waals surface area contributed by atoms with Crippen LogP contribution in [0.1, 0.15) is 19.4 Å². The summed E-state index contributed by atoms with van der Waals surface area (Å²) >= 11 is 0. The zero-order valence-electron chi connectivity index (χ0n) is 10.1. The molecule has 0 spiro atoms. The number of hydrogen-bond donors (Lipinski definition) is 1. The van der Waals surface area contributed by atoms with Crippen LogP contribution in [0.5, 0.6) is 0 Å². The highest BCUT2D eigenvalue weighted by atomic mass is 16.1. The lowest BCUT2D eigenvalue weighted by Gasteiger charge is -2.11. The molecule has 0 aliphatic heterocycles. The average molecular weight is 228 g/mol. The molecule has 0 unspecified atom stereocenters. The van der Waals surface area contributed by atoms with Gasteiger partial charge in [-0.1, -0.05) is 44.2 Å². The van der Waals surface area contributed by atoms with Crippen molar-refractivity contribution in [3.63, 3.8) is 0 Å². The Morgan fingerprint density at radius 2 is 2.00 bits per heavy atom. The molecule has 1 N–H and O–H groups in total. The number of imidazole rings is 1. The lowest BCUT2D eigenvalue weighted by atomic mass is 9.96. The maximum absolute atomic E-state index is 11.5. The number of aromatic amines is 1. The lowest BCUT2D eigenvalue weighted by Crippen LogP contribution is -2.12. The largest absolute Gasteiger partial charge is 0.329 e. The first-order valence-corrected chi connectivity index (χ1v) is 5.71. The minimum absolute atomic E-state index is 0.112. The first-order chi connectivity index (χ1) is 8.18. The minimum Gasteiger partial charge on any atom is -0.312 e. The Labute approximate surface area is 100 Å². The van der Waals surface area contributed by atoms with E-state index in [9.17, 15) is 4.79 Å². The SMILES string of the molecule is CC(C)/C(=C/n1cc[nH]c1=O)c1ccccc1. The van der Waals surface area contributed by atoms with Gasteiger partial charge in [0.1, 0.15) is 0 Å². The molecule has 0 aliphatic carbocycles. The summed E-state index contributed by atoms with van der Waals surface area (Å²) in [6, 6.07) is 10.1. The third-order valence-electron chi connectivity index (χ3n) is 2.68. The molecule has 1 aromatic carbocycles. The van der Waals surface area contributed by atoms with Crippen LogP contribution in [-0.4, -0.2) is 9.55 Å². The fourth-order valence-corrected chi connectivity index (χ4v) is 1.77. The standard InChI is InChI=1S/C14H16N2O/c1-11(2)13(12-6-4-3-5-7-12)10-16-9-8-15-14(16)17/h3-11H,1-2H3,(H,15,17)/b13-10-. The van der Waals surface area contributed by atoms with Crippen LogP contribution < -0.4 is 5.69 Å². The quantitative estimate of drug-likeness (QED) is 0.861. The zero-order chi connectivity index (χ0) is 12.3. The van der Waals surface area contributed by atoms with E-state index in [1.807, 2.05) is 24.4 Å². The molecule has 0 bridgehead atoms. The molecule has 0 radical (unpaired) electrons. The van der Waals surface area contributed by atoms with Crippen molar-refractivity contribution < 1.29 is 0 Å². The van der Waals surface area contributed by atoms with Crippen molar-refractivity contribution in [2.45, 2.75) is 13.8 Å². The highest BCUT2D eigenvalue weighted by Gasteiger charge is 2.06. The zero-order valence-corrected chi connectivity index (χ0v) is 10.1. The number of allylic oxidation sites excluding steroid dienone is 1. The highest BCUT2D eigenvalue weighted by molar-refractivity contribution is 5.76. The summed E-state index contributed by atoms with van der Waals surface area (Å²) in [5.74, 6) is 0.360. The summed E-state index contributed by atoms with van der Waals surface area (Å²) in [7, 11) is 0. The molecule has 0 aliphatic rings. The molecule has 0 amide bonds. The average Bonchev–Trinajstić information content (AvgIpc) is 2.72. The van der Waals surface area contributed by atoms with Gasteiger partial charge < -0.3 is 4.98 Å². The fourth-order valence-electron chi connectivity index (χ4n) is 1.77. The Bertz CT molecular complexity index is 561. The second kappa shape index (κ2) is 4.87. The van der Waals surface area contributed by atoms with Gasteiger partial charge in [-0.2, -0.15) is 0 Å². The van der Waals surface area contributed by atoms with Gasteiger partial charge in [-0.15, -0.1) is 0 Å². The molecular formula is C14H16N2O. The first kappa shape index (κ1) is 11.5. The third kappa shape index (κ3) is 2.56. The Kier molecular flexibility index (Phi) is 3.28. The van der Waals surface area contributed by atoms with Crippen molar-refractivity contribution in [3.05, 3.63) is 58.8 Å². The number of H-pyrrole nitrogens is 1. The van der Waals surface area contributed by atoms with Crippen molar-refractivity contribution >= 4 is 11.8 Å². The summed E-state index contributed by atoms with van der Waals surface area (Å²) in [6.07, 6.45) is 5.26. The second-order valence-electron chi connectivity index (χ2n) is 4.28.